The van der Waals surface area contributed by atoms with Crippen LogP contribution in [0.2, 0.25) is 0 Å². The highest BCUT2D eigenvalue weighted by Gasteiger charge is 2.35. The number of nitrogens with zero attached hydrogens (tertiary/aromatic N) is 2. The van der Waals surface area contributed by atoms with E-state index in [1.165, 1.54) is 31.4 Å². The minimum absolute atomic E-state index is 0.324. The van der Waals surface area contributed by atoms with Crippen molar-refractivity contribution in [3.63, 3.8) is 0 Å². The molecule has 1 atom stereocenters. The van der Waals surface area contributed by atoms with Gasteiger partial charge in [0.25, 0.3) is 0 Å². The van der Waals surface area contributed by atoms with E-state index in [-0.39, 0.29) is 0 Å². The molecule has 1 aliphatic carbocycles. The highest BCUT2D eigenvalue weighted by Crippen LogP contribution is 2.42. The Morgan fingerprint density at radius 1 is 1.41 bits per heavy atom. The summed E-state index contributed by atoms with van der Waals surface area (Å²) < 4.78 is 2.45. The number of rotatable bonds is 3. The summed E-state index contributed by atoms with van der Waals surface area (Å²) in [6, 6.07) is 0.638. The predicted molar refractivity (Wildman–Crippen MR) is 69.1 cm³/mol. The Hall–Kier alpha value is -0.830. The van der Waals surface area contributed by atoms with Crippen LogP contribution in [0, 0.1) is 5.92 Å². The fourth-order valence-corrected chi connectivity index (χ4v) is 3.14. The number of hydrogen-bond donors (Lipinski definition) is 1. The zero-order valence-corrected chi connectivity index (χ0v) is 10.9. The van der Waals surface area contributed by atoms with Crippen molar-refractivity contribution < 1.29 is 0 Å². The van der Waals surface area contributed by atoms with Gasteiger partial charge in [0.1, 0.15) is 0 Å². The Kier molecular flexibility index (Phi) is 2.74. The van der Waals surface area contributed by atoms with Gasteiger partial charge in [-0.15, -0.1) is 0 Å². The minimum atomic E-state index is 0.324. The summed E-state index contributed by atoms with van der Waals surface area (Å²) in [6.07, 6.45) is 9.41. The summed E-state index contributed by atoms with van der Waals surface area (Å²) in [5.74, 6) is 0.897. The quantitative estimate of drug-likeness (QED) is 0.869. The van der Waals surface area contributed by atoms with Gasteiger partial charge >= 0.3 is 0 Å². The summed E-state index contributed by atoms with van der Waals surface area (Å²) >= 11 is 0. The molecule has 1 saturated carbocycles. The second kappa shape index (κ2) is 4.13. The molecule has 1 unspecified atom stereocenters. The van der Waals surface area contributed by atoms with E-state index in [4.69, 9.17) is 0 Å². The van der Waals surface area contributed by atoms with Gasteiger partial charge in [-0.2, -0.15) is 0 Å². The van der Waals surface area contributed by atoms with Crippen LogP contribution >= 0.6 is 0 Å². The van der Waals surface area contributed by atoms with Gasteiger partial charge < -0.3 is 9.88 Å². The first-order valence-corrected chi connectivity index (χ1v) is 6.94. The fourth-order valence-electron chi connectivity index (χ4n) is 3.14. The molecule has 0 amide bonds. The molecule has 1 N–H and O–H groups in total. The molecule has 2 fully saturated rings. The second-order valence-corrected chi connectivity index (χ2v) is 6.07. The molecular weight excluding hydrogens is 210 g/mol. The number of nitrogens with one attached hydrogen (secondary N) is 1. The van der Waals surface area contributed by atoms with Crippen molar-refractivity contribution in [1.82, 2.24) is 14.9 Å². The normalized spacial score (nSPS) is 25.8. The topological polar surface area (TPSA) is 29.9 Å². The number of imidazole rings is 1. The molecule has 3 nitrogen and oxygen atoms in total. The smallest absolute Gasteiger partial charge is 0.0950 e. The number of aromatic nitrogens is 2. The molecule has 1 aromatic heterocycles. The molecule has 17 heavy (non-hydrogen) atoms. The molecule has 3 heteroatoms. The van der Waals surface area contributed by atoms with Gasteiger partial charge in [-0.05, 0) is 51.6 Å². The summed E-state index contributed by atoms with van der Waals surface area (Å²) in [6.45, 7) is 7.03. The molecular formula is C14H23N3. The first-order valence-electron chi connectivity index (χ1n) is 6.94. The van der Waals surface area contributed by atoms with Crippen LogP contribution in [0.25, 0.3) is 0 Å². The van der Waals surface area contributed by atoms with Crippen molar-refractivity contribution >= 4 is 0 Å². The third-order valence-corrected chi connectivity index (χ3v) is 4.73. The maximum Gasteiger partial charge on any atom is 0.0950 e. The summed E-state index contributed by atoms with van der Waals surface area (Å²) in [5, 5.41) is 3.46. The Balaban J connectivity index is 1.88. The molecule has 0 aromatic carbocycles. The van der Waals surface area contributed by atoms with Gasteiger partial charge in [-0.3, -0.25) is 0 Å². The van der Waals surface area contributed by atoms with Gasteiger partial charge in [-0.1, -0.05) is 6.92 Å². The predicted octanol–water partition coefficient (Wildman–Crippen LogP) is 2.50. The van der Waals surface area contributed by atoms with Crippen LogP contribution in [-0.4, -0.2) is 22.6 Å². The molecule has 1 aromatic rings. The number of piperidine rings is 1. The monoisotopic (exact) mass is 233 g/mol. The van der Waals surface area contributed by atoms with E-state index in [1.807, 2.05) is 6.33 Å². The second-order valence-electron chi connectivity index (χ2n) is 6.07. The maximum absolute atomic E-state index is 4.42. The average Bonchev–Trinajstić information content (AvgIpc) is 3.05. The third kappa shape index (κ3) is 2.01. The Morgan fingerprint density at radius 3 is 2.76 bits per heavy atom. The molecule has 2 aliphatic rings. The van der Waals surface area contributed by atoms with Crippen LogP contribution in [0.15, 0.2) is 12.5 Å². The van der Waals surface area contributed by atoms with Crippen molar-refractivity contribution in [2.45, 2.75) is 51.0 Å². The van der Waals surface area contributed by atoms with E-state index in [0.717, 1.165) is 19.0 Å². The van der Waals surface area contributed by atoms with Crippen LogP contribution < -0.4 is 5.32 Å². The van der Waals surface area contributed by atoms with Crippen molar-refractivity contribution in [2.75, 3.05) is 13.1 Å². The van der Waals surface area contributed by atoms with E-state index in [1.54, 1.807) is 0 Å². The molecule has 94 valence electrons. The van der Waals surface area contributed by atoms with E-state index in [9.17, 15) is 0 Å². The van der Waals surface area contributed by atoms with Crippen LogP contribution in [0.4, 0.5) is 0 Å². The van der Waals surface area contributed by atoms with Gasteiger partial charge in [0.2, 0.25) is 0 Å². The van der Waals surface area contributed by atoms with Crippen molar-refractivity contribution in [2.24, 2.45) is 5.92 Å². The lowest BCUT2D eigenvalue weighted by Crippen LogP contribution is -2.39. The maximum atomic E-state index is 4.42. The highest BCUT2D eigenvalue weighted by molar-refractivity contribution is 5.17. The average molecular weight is 233 g/mol. The summed E-state index contributed by atoms with van der Waals surface area (Å²) in [4.78, 5) is 4.42. The lowest BCUT2D eigenvalue weighted by atomic mass is 9.78. The van der Waals surface area contributed by atoms with Crippen LogP contribution in [-0.2, 0) is 5.41 Å². The lowest BCUT2D eigenvalue weighted by molar-refractivity contribution is 0.305. The molecule has 1 saturated heterocycles. The zero-order valence-electron chi connectivity index (χ0n) is 10.9. The standard InChI is InChI=1S/C14H23N3/c1-11(12-3-4-12)17-10-16-9-13(17)14(2)5-7-15-8-6-14/h9-12,15H,3-8H2,1-2H3. The van der Waals surface area contributed by atoms with Gasteiger partial charge in [-0.25, -0.2) is 4.98 Å². The first kappa shape index (κ1) is 11.3. The molecule has 0 spiro atoms. The van der Waals surface area contributed by atoms with E-state index < -0.39 is 0 Å². The molecule has 3 rings (SSSR count). The molecule has 0 bridgehead atoms. The Bertz CT molecular complexity index is 386. The van der Waals surface area contributed by atoms with E-state index in [0.29, 0.717) is 11.5 Å². The van der Waals surface area contributed by atoms with Crippen LogP contribution in [0.5, 0.6) is 0 Å². The third-order valence-electron chi connectivity index (χ3n) is 4.73. The molecule has 0 radical (unpaired) electrons. The zero-order chi connectivity index (χ0) is 11.9. The first-order chi connectivity index (χ1) is 8.21. The van der Waals surface area contributed by atoms with Crippen LogP contribution in [0.1, 0.15) is 51.3 Å². The van der Waals surface area contributed by atoms with Crippen molar-refractivity contribution in [3.05, 3.63) is 18.2 Å². The SMILES string of the molecule is CC(C1CC1)n1cncc1C1(C)CCNCC1. The van der Waals surface area contributed by atoms with E-state index >= 15 is 0 Å². The Labute approximate surface area is 104 Å². The fraction of sp³-hybridized carbons (Fsp3) is 0.786. The van der Waals surface area contributed by atoms with Crippen LogP contribution in [0.3, 0.4) is 0 Å². The number of hydrogen-bond acceptors (Lipinski definition) is 2. The molecule has 2 heterocycles. The lowest BCUT2D eigenvalue weighted by Gasteiger charge is -2.35. The van der Waals surface area contributed by atoms with E-state index in [2.05, 4.69) is 34.9 Å². The minimum Gasteiger partial charge on any atom is -0.331 e. The summed E-state index contributed by atoms with van der Waals surface area (Å²) in [5.41, 5.74) is 1.78. The Morgan fingerprint density at radius 2 is 2.12 bits per heavy atom. The van der Waals surface area contributed by atoms with Crippen molar-refractivity contribution in [1.29, 1.82) is 0 Å². The highest BCUT2D eigenvalue weighted by atomic mass is 15.1. The van der Waals surface area contributed by atoms with Crippen molar-refractivity contribution in [3.8, 4) is 0 Å². The van der Waals surface area contributed by atoms with Gasteiger partial charge in [0.15, 0.2) is 0 Å². The molecule has 1 aliphatic heterocycles. The van der Waals surface area contributed by atoms with Gasteiger partial charge in [0.05, 0.1) is 6.33 Å². The van der Waals surface area contributed by atoms with Gasteiger partial charge in [0, 0.05) is 23.3 Å². The largest absolute Gasteiger partial charge is 0.331 e. The summed E-state index contributed by atoms with van der Waals surface area (Å²) in [7, 11) is 0.